The summed E-state index contributed by atoms with van der Waals surface area (Å²) in [5.74, 6) is 1.61. The van der Waals surface area contributed by atoms with Crippen LogP contribution in [0.15, 0.2) is 59.8 Å². The zero-order valence-electron chi connectivity index (χ0n) is 16.7. The predicted molar refractivity (Wildman–Crippen MR) is 116 cm³/mol. The normalized spacial score (nSPS) is 19.2. The van der Waals surface area contributed by atoms with Gasteiger partial charge in [-0.1, -0.05) is 48.2 Å². The first kappa shape index (κ1) is 18.4. The molecule has 0 saturated heterocycles. The van der Waals surface area contributed by atoms with Crippen molar-refractivity contribution >= 4 is 23.4 Å². The molecule has 1 aromatic heterocycles. The molecule has 3 aromatic rings. The molecule has 1 fully saturated rings. The van der Waals surface area contributed by atoms with Gasteiger partial charge in [0.15, 0.2) is 0 Å². The van der Waals surface area contributed by atoms with Crippen LogP contribution in [-0.4, -0.2) is 32.0 Å². The Bertz CT molecular complexity index is 1040. The van der Waals surface area contributed by atoms with Crippen LogP contribution in [0, 0.1) is 0 Å². The number of nitrogens with zero attached hydrogens (tertiary/aromatic N) is 4. The Morgan fingerprint density at radius 2 is 1.83 bits per heavy atom. The van der Waals surface area contributed by atoms with E-state index in [1.165, 1.54) is 17.3 Å². The summed E-state index contributed by atoms with van der Waals surface area (Å²) in [6.45, 7) is 4.07. The van der Waals surface area contributed by atoms with Crippen LogP contribution in [0.2, 0.25) is 0 Å². The predicted octanol–water partition coefficient (Wildman–Crippen LogP) is 4.60. The van der Waals surface area contributed by atoms with E-state index in [1.54, 1.807) is 0 Å². The number of fused-ring (bicyclic) bond motifs is 1. The van der Waals surface area contributed by atoms with Gasteiger partial charge in [-0.2, -0.15) is 0 Å². The number of carbonyl (C=O) groups excluding carboxylic acids is 1. The van der Waals surface area contributed by atoms with Crippen molar-refractivity contribution in [2.24, 2.45) is 0 Å². The van der Waals surface area contributed by atoms with Crippen LogP contribution in [0.1, 0.15) is 44.0 Å². The molecule has 2 aliphatic rings. The summed E-state index contributed by atoms with van der Waals surface area (Å²) in [5, 5.41) is 5.18. The van der Waals surface area contributed by atoms with E-state index >= 15 is 0 Å². The van der Waals surface area contributed by atoms with Crippen LogP contribution < -0.4 is 4.90 Å². The molecule has 0 bridgehead atoms. The second kappa shape index (κ2) is 7.34. The first-order chi connectivity index (χ1) is 14.1. The van der Waals surface area contributed by atoms with Gasteiger partial charge in [0.1, 0.15) is 5.82 Å². The average molecular weight is 405 g/mol. The number of rotatable bonds is 5. The van der Waals surface area contributed by atoms with Gasteiger partial charge in [0.25, 0.3) is 0 Å². The maximum Gasteiger partial charge on any atom is 0.240 e. The quantitative estimate of drug-likeness (QED) is 0.583. The molecule has 0 spiro atoms. The van der Waals surface area contributed by atoms with Gasteiger partial charge >= 0.3 is 0 Å². The lowest BCUT2D eigenvalue weighted by molar-refractivity contribution is -0.118. The van der Waals surface area contributed by atoms with Crippen LogP contribution in [0.4, 0.5) is 5.69 Å². The van der Waals surface area contributed by atoms with E-state index in [9.17, 15) is 4.79 Å². The molecule has 2 heterocycles. The SMILES string of the molecule is CC(Sc1nc(C2CC2)n(-c2ccccc2)n1)C(=O)N1c2ccccc2CC1C. The number of aromatic nitrogens is 3. The summed E-state index contributed by atoms with van der Waals surface area (Å²) in [6, 6.07) is 18.5. The molecule has 0 radical (unpaired) electrons. The topological polar surface area (TPSA) is 51.0 Å². The number of thioether (sulfide) groups is 1. The number of amides is 1. The summed E-state index contributed by atoms with van der Waals surface area (Å²) in [7, 11) is 0. The Balaban J connectivity index is 1.39. The lowest BCUT2D eigenvalue weighted by Gasteiger charge is -2.25. The Kier molecular flexibility index (Phi) is 4.66. The third kappa shape index (κ3) is 3.46. The molecule has 1 aliphatic carbocycles. The largest absolute Gasteiger partial charge is 0.308 e. The van der Waals surface area contributed by atoms with Crippen molar-refractivity contribution in [3.63, 3.8) is 0 Å². The molecule has 1 saturated carbocycles. The molecule has 0 N–H and O–H groups in total. The Morgan fingerprint density at radius 1 is 1.10 bits per heavy atom. The third-order valence-corrected chi connectivity index (χ3v) is 6.57. The van der Waals surface area contributed by atoms with Crippen LogP contribution in [0.25, 0.3) is 5.69 Å². The maximum atomic E-state index is 13.3. The minimum Gasteiger partial charge on any atom is -0.308 e. The summed E-state index contributed by atoms with van der Waals surface area (Å²) >= 11 is 1.46. The van der Waals surface area contributed by atoms with Crippen LogP contribution in [0.3, 0.4) is 0 Å². The molecule has 5 nitrogen and oxygen atoms in total. The van der Waals surface area contributed by atoms with Gasteiger partial charge in [0.05, 0.1) is 10.9 Å². The van der Waals surface area contributed by atoms with Gasteiger partial charge in [-0.15, -0.1) is 5.10 Å². The van der Waals surface area contributed by atoms with E-state index in [1.807, 2.05) is 65.0 Å². The molecule has 1 aliphatic heterocycles. The van der Waals surface area contributed by atoms with Crippen LogP contribution >= 0.6 is 11.8 Å². The number of para-hydroxylation sites is 2. The lowest BCUT2D eigenvalue weighted by Crippen LogP contribution is -2.40. The van der Waals surface area contributed by atoms with E-state index in [-0.39, 0.29) is 17.2 Å². The summed E-state index contributed by atoms with van der Waals surface area (Å²) in [5.41, 5.74) is 3.31. The molecular weight excluding hydrogens is 380 g/mol. The highest BCUT2D eigenvalue weighted by Crippen LogP contribution is 2.41. The number of carbonyl (C=O) groups is 1. The number of anilines is 1. The first-order valence-electron chi connectivity index (χ1n) is 10.2. The zero-order chi connectivity index (χ0) is 20.0. The third-order valence-electron chi connectivity index (χ3n) is 5.63. The maximum absolute atomic E-state index is 13.3. The van der Waals surface area contributed by atoms with E-state index in [0.717, 1.165) is 36.5 Å². The summed E-state index contributed by atoms with van der Waals surface area (Å²) in [6.07, 6.45) is 3.23. The van der Waals surface area contributed by atoms with Crippen LogP contribution in [0.5, 0.6) is 0 Å². The second-order valence-electron chi connectivity index (χ2n) is 7.92. The molecule has 1 amide bonds. The minimum atomic E-state index is -0.248. The van der Waals surface area contributed by atoms with E-state index in [4.69, 9.17) is 10.1 Å². The van der Waals surface area contributed by atoms with Crippen molar-refractivity contribution in [3.8, 4) is 5.69 Å². The smallest absolute Gasteiger partial charge is 0.240 e. The Hall–Kier alpha value is -2.60. The molecule has 29 heavy (non-hydrogen) atoms. The van der Waals surface area contributed by atoms with Crippen molar-refractivity contribution < 1.29 is 4.79 Å². The fraction of sp³-hybridized carbons (Fsp3) is 0.348. The van der Waals surface area contributed by atoms with Gasteiger partial charge in [0, 0.05) is 17.6 Å². The van der Waals surface area contributed by atoms with Gasteiger partial charge in [-0.25, -0.2) is 9.67 Å². The van der Waals surface area contributed by atoms with Crippen molar-refractivity contribution in [1.82, 2.24) is 14.8 Å². The summed E-state index contributed by atoms with van der Waals surface area (Å²) < 4.78 is 1.95. The van der Waals surface area contributed by atoms with E-state index < -0.39 is 0 Å². The van der Waals surface area contributed by atoms with Gasteiger partial charge in [0.2, 0.25) is 11.1 Å². The van der Waals surface area contributed by atoms with Crippen molar-refractivity contribution in [1.29, 1.82) is 0 Å². The first-order valence-corrected chi connectivity index (χ1v) is 11.1. The summed E-state index contributed by atoms with van der Waals surface area (Å²) in [4.78, 5) is 20.0. The monoisotopic (exact) mass is 404 g/mol. The average Bonchev–Trinajstić information content (AvgIpc) is 3.41. The molecule has 2 atom stereocenters. The van der Waals surface area contributed by atoms with Crippen molar-refractivity contribution in [2.45, 2.75) is 55.5 Å². The molecule has 2 aromatic carbocycles. The highest BCUT2D eigenvalue weighted by molar-refractivity contribution is 8.00. The Morgan fingerprint density at radius 3 is 2.59 bits per heavy atom. The number of hydrogen-bond acceptors (Lipinski definition) is 4. The van der Waals surface area contributed by atoms with Gasteiger partial charge < -0.3 is 4.90 Å². The fourth-order valence-corrected chi connectivity index (χ4v) is 4.83. The molecule has 148 valence electrons. The molecular formula is C23H24N4OS. The highest BCUT2D eigenvalue weighted by atomic mass is 32.2. The van der Waals surface area contributed by atoms with Crippen molar-refractivity contribution in [3.05, 3.63) is 66.0 Å². The zero-order valence-corrected chi connectivity index (χ0v) is 17.5. The standard InChI is InChI=1S/C23H24N4OS/c1-15-14-18-8-6-7-11-20(18)26(15)22(28)16(2)29-23-24-21(17-12-13-17)27(25-23)19-9-4-3-5-10-19/h3-11,15-17H,12-14H2,1-2H3. The van der Waals surface area contributed by atoms with E-state index in [2.05, 4.69) is 13.0 Å². The van der Waals surface area contributed by atoms with Crippen LogP contribution in [-0.2, 0) is 11.2 Å². The highest BCUT2D eigenvalue weighted by Gasteiger charge is 2.35. The van der Waals surface area contributed by atoms with E-state index in [0.29, 0.717) is 11.1 Å². The molecule has 2 unspecified atom stereocenters. The molecule has 5 rings (SSSR count). The Labute approximate surface area is 175 Å². The van der Waals surface area contributed by atoms with Gasteiger partial charge in [-0.05, 0) is 56.9 Å². The number of benzene rings is 2. The fourth-order valence-electron chi connectivity index (χ4n) is 4.03. The van der Waals surface area contributed by atoms with Gasteiger partial charge in [-0.3, -0.25) is 4.79 Å². The molecule has 6 heteroatoms. The number of hydrogen-bond donors (Lipinski definition) is 0. The lowest BCUT2D eigenvalue weighted by atomic mass is 10.1. The second-order valence-corrected chi connectivity index (χ2v) is 9.23. The minimum absolute atomic E-state index is 0.122. The van der Waals surface area contributed by atoms with Crippen molar-refractivity contribution in [2.75, 3.05) is 4.90 Å².